The zero-order valence-corrected chi connectivity index (χ0v) is 8.54. The first-order chi connectivity index (χ1) is 6.24. The molecule has 0 aliphatic rings. The van der Waals surface area contributed by atoms with Gasteiger partial charge in [-0.05, 0) is 23.3 Å². The zero-order chi connectivity index (χ0) is 9.68. The fraction of sp³-hybridized carbons (Fsp3) is 0.100. The van der Waals surface area contributed by atoms with Crippen LogP contribution in [0.25, 0.3) is 5.57 Å². The van der Waals surface area contributed by atoms with Crippen molar-refractivity contribution in [2.75, 3.05) is 6.54 Å². The zero-order valence-electron chi connectivity index (χ0n) is 6.96. The van der Waals surface area contributed by atoms with Gasteiger partial charge in [-0.1, -0.05) is 34.6 Å². The maximum Gasteiger partial charge on any atom is 0.235 e. The summed E-state index contributed by atoms with van der Waals surface area (Å²) in [4.78, 5) is 13.3. The molecular formula is C10H8BrNO. The van der Waals surface area contributed by atoms with Gasteiger partial charge in [-0.25, -0.2) is 9.79 Å². The van der Waals surface area contributed by atoms with Gasteiger partial charge in [0.05, 0.1) is 6.54 Å². The molecule has 0 spiro atoms. The van der Waals surface area contributed by atoms with Crippen molar-refractivity contribution in [2.45, 2.75) is 0 Å². The topological polar surface area (TPSA) is 29.4 Å². The molecule has 0 heterocycles. The van der Waals surface area contributed by atoms with Crippen LogP contribution in [0.4, 0.5) is 0 Å². The predicted octanol–water partition coefficient (Wildman–Crippen LogP) is 2.80. The number of hydrogen-bond acceptors (Lipinski definition) is 2. The summed E-state index contributed by atoms with van der Waals surface area (Å²) in [7, 11) is 0. The Hall–Kier alpha value is -1.18. The number of nitrogens with zero attached hydrogens (tertiary/aromatic N) is 1. The van der Waals surface area contributed by atoms with E-state index in [1.54, 1.807) is 0 Å². The molecule has 0 saturated carbocycles. The smallest absolute Gasteiger partial charge is 0.211 e. The van der Waals surface area contributed by atoms with Gasteiger partial charge in [-0.3, -0.25) is 0 Å². The molecule has 0 aliphatic heterocycles. The predicted molar refractivity (Wildman–Crippen MR) is 56.2 cm³/mol. The molecule has 0 saturated heterocycles. The van der Waals surface area contributed by atoms with Crippen LogP contribution in [0.5, 0.6) is 0 Å². The normalized spacial score (nSPS) is 9.00. The minimum absolute atomic E-state index is 0.311. The number of rotatable bonds is 3. The molecular weight excluding hydrogens is 230 g/mol. The lowest BCUT2D eigenvalue weighted by Crippen LogP contribution is -1.86. The molecule has 1 aromatic rings. The average Bonchev–Trinajstić information content (AvgIpc) is 2.15. The third kappa shape index (κ3) is 2.98. The maximum absolute atomic E-state index is 9.85. The number of benzene rings is 1. The fourth-order valence-electron chi connectivity index (χ4n) is 0.905. The van der Waals surface area contributed by atoms with Gasteiger partial charge in [0.1, 0.15) is 0 Å². The Morgan fingerprint density at radius 1 is 1.46 bits per heavy atom. The van der Waals surface area contributed by atoms with E-state index in [-0.39, 0.29) is 0 Å². The van der Waals surface area contributed by atoms with E-state index in [2.05, 4.69) is 27.5 Å². The monoisotopic (exact) mass is 237 g/mol. The number of isocyanates is 1. The second-order valence-corrected chi connectivity index (χ2v) is 3.43. The fourth-order valence-corrected chi connectivity index (χ4v) is 1.17. The van der Waals surface area contributed by atoms with Gasteiger partial charge in [-0.15, -0.1) is 0 Å². The molecule has 0 N–H and O–H groups in total. The summed E-state index contributed by atoms with van der Waals surface area (Å²) >= 11 is 3.33. The molecule has 1 aromatic carbocycles. The molecule has 1 rings (SSSR count). The Labute approximate surface area is 85.1 Å². The quantitative estimate of drug-likeness (QED) is 0.588. The molecule has 0 aliphatic carbocycles. The number of carbonyl (C=O) groups excluding carboxylic acids is 1. The Morgan fingerprint density at radius 2 is 2.08 bits per heavy atom. The highest BCUT2D eigenvalue weighted by Crippen LogP contribution is 2.16. The van der Waals surface area contributed by atoms with Crippen LogP contribution in [-0.4, -0.2) is 12.6 Å². The van der Waals surface area contributed by atoms with Crippen molar-refractivity contribution in [3.63, 3.8) is 0 Å². The molecule has 0 bridgehead atoms. The average molecular weight is 238 g/mol. The van der Waals surface area contributed by atoms with Gasteiger partial charge in [0.25, 0.3) is 0 Å². The highest BCUT2D eigenvalue weighted by atomic mass is 79.9. The lowest BCUT2D eigenvalue weighted by atomic mass is 10.1. The molecule has 0 fully saturated rings. The molecule has 0 radical (unpaired) electrons. The van der Waals surface area contributed by atoms with E-state index >= 15 is 0 Å². The third-order valence-corrected chi connectivity index (χ3v) is 2.12. The van der Waals surface area contributed by atoms with Gasteiger partial charge in [0.15, 0.2) is 0 Å². The summed E-state index contributed by atoms with van der Waals surface area (Å²) < 4.78 is 1.02. The van der Waals surface area contributed by atoms with Crippen molar-refractivity contribution in [1.29, 1.82) is 0 Å². The van der Waals surface area contributed by atoms with Crippen LogP contribution >= 0.6 is 15.9 Å². The first kappa shape index (κ1) is 9.90. The summed E-state index contributed by atoms with van der Waals surface area (Å²) in [6.07, 6.45) is 1.48. The van der Waals surface area contributed by atoms with Gasteiger partial charge in [0, 0.05) is 4.47 Å². The van der Waals surface area contributed by atoms with Crippen LogP contribution in [0, 0.1) is 0 Å². The van der Waals surface area contributed by atoms with Crippen LogP contribution in [0.1, 0.15) is 5.56 Å². The standard InChI is InChI=1S/C10H8BrNO/c1-8(6-12-7-13)9-2-4-10(11)5-3-9/h2-5H,1,6H2. The van der Waals surface area contributed by atoms with Gasteiger partial charge in [0.2, 0.25) is 6.08 Å². The van der Waals surface area contributed by atoms with Crippen LogP contribution in [-0.2, 0) is 4.79 Å². The Morgan fingerprint density at radius 3 is 2.62 bits per heavy atom. The summed E-state index contributed by atoms with van der Waals surface area (Å²) in [6.45, 7) is 4.11. The largest absolute Gasteiger partial charge is 0.235 e. The van der Waals surface area contributed by atoms with Crippen LogP contribution in [0.2, 0.25) is 0 Å². The number of halogens is 1. The minimum Gasteiger partial charge on any atom is -0.211 e. The van der Waals surface area contributed by atoms with Crippen LogP contribution in [0.3, 0.4) is 0 Å². The van der Waals surface area contributed by atoms with E-state index in [9.17, 15) is 4.79 Å². The SMILES string of the molecule is C=C(CN=C=O)c1ccc(Br)cc1. The van der Waals surface area contributed by atoms with Crippen LogP contribution in [0.15, 0.2) is 40.3 Å². The van der Waals surface area contributed by atoms with Crippen molar-refractivity contribution < 1.29 is 4.79 Å². The summed E-state index contributed by atoms with van der Waals surface area (Å²) in [6, 6.07) is 7.69. The molecule has 2 nitrogen and oxygen atoms in total. The summed E-state index contributed by atoms with van der Waals surface area (Å²) in [5, 5.41) is 0. The van der Waals surface area contributed by atoms with E-state index in [1.165, 1.54) is 6.08 Å². The van der Waals surface area contributed by atoms with Gasteiger partial charge < -0.3 is 0 Å². The highest BCUT2D eigenvalue weighted by Gasteiger charge is 1.96. The van der Waals surface area contributed by atoms with Gasteiger partial charge in [-0.2, -0.15) is 0 Å². The molecule has 66 valence electrons. The second kappa shape index (κ2) is 4.75. The van der Waals surface area contributed by atoms with Crippen molar-refractivity contribution in [3.8, 4) is 0 Å². The van der Waals surface area contributed by atoms with Crippen LogP contribution < -0.4 is 0 Å². The van der Waals surface area contributed by atoms with Gasteiger partial charge >= 0.3 is 0 Å². The van der Waals surface area contributed by atoms with Crippen molar-refractivity contribution >= 4 is 27.6 Å². The summed E-state index contributed by atoms with van der Waals surface area (Å²) in [5.74, 6) is 0. The number of aliphatic imine (C=N–C) groups is 1. The Bertz CT molecular complexity index is 350. The molecule has 13 heavy (non-hydrogen) atoms. The molecule has 3 heteroatoms. The Balaban J connectivity index is 2.77. The number of hydrogen-bond donors (Lipinski definition) is 0. The van der Waals surface area contributed by atoms with E-state index in [4.69, 9.17) is 0 Å². The van der Waals surface area contributed by atoms with E-state index in [1.807, 2.05) is 24.3 Å². The molecule has 0 amide bonds. The molecule has 0 aromatic heterocycles. The molecule has 0 unspecified atom stereocenters. The maximum atomic E-state index is 9.85. The van der Waals surface area contributed by atoms with E-state index in [0.717, 1.165) is 15.6 Å². The third-order valence-electron chi connectivity index (χ3n) is 1.59. The second-order valence-electron chi connectivity index (χ2n) is 2.52. The van der Waals surface area contributed by atoms with Crippen molar-refractivity contribution in [3.05, 3.63) is 40.9 Å². The van der Waals surface area contributed by atoms with Crippen molar-refractivity contribution in [1.82, 2.24) is 0 Å². The first-order valence-corrected chi connectivity index (χ1v) is 4.50. The van der Waals surface area contributed by atoms with E-state index in [0.29, 0.717) is 6.54 Å². The molecule has 0 atom stereocenters. The minimum atomic E-state index is 0.311. The Kier molecular flexibility index (Phi) is 3.62. The first-order valence-electron chi connectivity index (χ1n) is 3.71. The van der Waals surface area contributed by atoms with E-state index < -0.39 is 0 Å². The lowest BCUT2D eigenvalue weighted by Gasteiger charge is -2.00. The van der Waals surface area contributed by atoms with Crippen molar-refractivity contribution in [2.24, 2.45) is 4.99 Å². The highest BCUT2D eigenvalue weighted by molar-refractivity contribution is 9.10. The summed E-state index contributed by atoms with van der Waals surface area (Å²) in [5.41, 5.74) is 1.80. The lowest BCUT2D eigenvalue weighted by molar-refractivity contribution is 0.564.